The van der Waals surface area contributed by atoms with Crippen molar-refractivity contribution in [1.82, 2.24) is 9.62 Å². The summed E-state index contributed by atoms with van der Waals surface area (Å²) in [5.74, 6) is 0.882. The Balaban J connectivity index is 1.73. The minimum Gasteiger partial charge on any atom is -0.468 e. The van der Waals surface area contributed by atoms with Gasteiger partial charge in [0.1, 0.15) is 5.76 Å². The van der Waals surface area contributed by atoms with Crippen molar-refractivity contribution in [3.05, 3.63) is 53.4 Å². The standard InChI is InChI=1S/C18H23ClN2O3S/c1-21(13-15-5-4-12-24-15)18-7-3-2-6-17(18)20-25(22,23)16-10-8-14(19)9-11-16/h4-5,8-12,17-18,20H,2-3,6-7,13H2,1H3/t17-,18-/m1/s1. The van der Waals surface area contributed by atoms with Crippen LogP contribution in [0.1, 0.15) is 31.4 Å². The minimum atomic E-state index is -3.56. The second-order valence-electron chi connectivity index (χ2n) is 6.53. The van der Waals surface area contributed by atoms with Crippen molar-refractivity contribution >= 4 is 21.6 Å². The highest BCUT2D eigenvalue weighted by molar-refractivity contribution is 7.89. The summed E-state index contributed by atoms with van der Waals surface area (Å²) in [6.45, 7) is 0.664. The van der Waals surface area contributed by atoms with Crippen molar-refractivity contribution in [2.45, 2.75) is 49.2 Å². The van der Waals surface area contributed by atoms with Gasteiger partial charge in [-0.1, -0.05) is 24.4 Å². The van der Waals surface area contributed by atoms with Gasteiger partial charge in [0, 0.05) is 17.1 Å². The molecule has 0 radical (unpaired) electrons. The van der Waals surface area contributed by atoms with Gasteiger partial charge in [-0.15, -0.1) is 0 Å². The van der Waals surface area contributed by atoms with Gasteiger partial charge in [0.2, 0.25) is 10.0 Å². The number of hydrogen-bond donors (Lipinski definition) is 1. The van der Waals surface area contributed by atoms with Crippen LogP contribution in [0.5, 0.6) is 0 Å². The molecule has 7 heteroatoms. The van der Waals surface area contributed by atoms with E-state index in [9.17, 15) is 8.42 Å². The van der Waals surface area contributed by atoms with Crippen molar-refractivity contribution in [3.63, 3.8) is 0 Å². The lowest BCUT2D eigenvalue weighted by Gasteiger charge is -2.37. The van der Waals surface area contributed by atoms with E-state index in [0.717, 1.165) is 31.4 Å². The Morgan fingerprint density at radius 2 is 1.92 bits per heavy atom. The predicted molar refractivity (Wildman–Crippen MR) is 98.0 cm³/mol. The number of nitrogens with one attached hydrogen (secondary N) is 1. The first-order chi connectivity index (χ1) is 12.0. The summed E-state index contributed by atoms with van der Waals surface area (Å²) in [6.07, 6.45) is 5.58. The van der Waals surface area contributed by atoms with Crippen LogP contribution in [0, 0.1) is 0 Å². The Morgan fingerprint density at radius 1 is 1.20 bits per heavy atom. The third-order valence-corrected chi connectivity index (χ3v) is 6.47. The summed E-state index contributed by atoms with van der Waals surface area (Å²) in [5, 5.41) is 0.521. The van der Waals surface area contributed by atoms with Gasteiger partial charge in [-0.25, -0.2) is 13.1 Å². The maximum Gasteiger partial charge on any atom is 0.240 e. The highest BCUT2D eigenvalue weighted by atomic mass is 35.5. The number of halogens is 1. The van der Waals surface area contributed by atoms with Gasteiger partial charge in [-0.05, 0) is 56.3 Å². The van der Waals surface area contributed by atoms with Crippen molar-refractivity contribution in [1.29, 1.82) is 0 Å². The smallest absolute Gasteiger partial charge is 0.240 e. The molecule has 0 bridgehead atoms. The first-order valence-electron chi connectivity index (χ1n) is 8.46. The molecule has 1 aromatic heterocycles. The van der Waals surface area contributed by atoms with Crippen LogP contribution in [0.25, 0.3) is 0 Å². The molecule has 1 aliphatic rings. The number of benzene rings is 1. The van der Waals surface area contributed by atoms with Gasteiger partial charge in [0.25, 0.3) is 0 Å². The average Bonchev–Trinajstić information content (AvgIpc) is 3.08. The van der Waals surface area contributed by atoms with Crippen molar-refractivity contribution < 1.29 is 12.8 Å². The summed E-state index contributed by atoms with van der Waals surface area (Å²) >= 11 is 5.86. The van der Waals surface area contributed by atoms with Crippen LogP contribution < -0.4 is 4.72 Å². The summed E-state index contributed by atoms with van der Waals surface area (Å²) < 4.78 is 33.7. The zero-order valence-corrected chi connectivity index (χ0v) is 15.8. The number of furan rings is 1. The van der Waals surface area contributed by atoms with Crippen LogP contribution in [-0.4, -0.2) is 32.4 Å². The Morgan fingerprint density at radius 3 is 2.60 bits per heavy atom. The lowest BCUT2D eigenvalue weighted by Crippen LogP contribution is -2.51. The highest BCUT2D eigenvalue weighted by Gasteiger charge is 2.32. The fourth-order valence-corrected chi connectivity index (χ4v) is 4.85. The molecule has 1 aromatic carbocycles. The van der Waals surface area contributed by atoms with E-state index in [1.54, 1.807) is 18.4 Å². The Labute approximate surface area is 154 Å². The molecular weight excluding hydrogens is 360 g/mol. The monoisotopic (exact) mass is 382 g/mol. The van der Waals surface area contributed by atoms with E-state index < -0.39 is 10.0 Å². The van der Waals surface area contributed by atoms with Crippen LogP contribution in [0.2, 0.25) is 5.02 Å². The van der Waals surface area contributed by atoms with Crippen LogP contribution in [0.4, 0.5) is 0 Å². The van der Waals surface area contributed by atoms with Gasteiger partial charge >= 0.3 is 0 Å². The molecular formula is C18H23ClN2O3S. The summed E-state index contributed by atoms with van der Waals surface area (Å²) in [4.78, 5) is 2.42. The topological polar surface area (TPSA) is 62.6 Å². The molecule has 0 saturated heterocycles. The molecule has 0 unspecified atom stereocenters. The number of hydrogen-bond acceptors (Lipinski definition) is 4. The first-order valence-corrected chi connectivity index (χ1v) is 10.3. The minimum absolute atomic E-state index is 0.116. The number of sulfonamides is 1. The molecule has 1 saturated carbocycles. The van der Waals surface area contributed by atoms with Crippen LogP contribution in [-0.2, 0) is 16.6 Å². The van der Waals surface area contributed by atoms with Gasteiger partial charge in [0.15, 0.2) is 0 Å². The van der Waals surface area contributed by atoms with E-state index in [2.05, 4.69) is 9.62 Å². The van der Waals surface area contributed by atoms with E-state index in [1.165, 1.54) is 12.1 Å². The SMILES string of the molecule is CN(Cc1ccco1)[C@@H]1CCCC[C@H]1NS(=O)(=O)c1ccc(Cl)cc1. The van der Waals surface area contributed by atoms with E-state index in [-0.39, 0.29) is 17.0 Å². The third-order valence-electron chi connectivity index (χ3n) is 4.71. The van der Waals surface area contributed by atoms with Gasteiger partial charge in [-0.2, -0.15) is 0 Å². The Kier molecular flexibility index (Phi) is 5.84. The second-order valence-corrected chi connectivity index (χ2v) is 8.68. The van der Waals surface area contributed by atoms with Crippen LogP contribution in [0.15, 0.2) is 52.0 Å². The van der Waals surface area contributed by atoms with Crippen LogP contribution in [0.3, 0.4) is 0 Å². The second kappa shape index (κ2) is 7.91. The lowest BCUT2D eigenvalue weighted by molar-refractivity contribution is 0.145. The molecule has 0 spiro atoms. The van der Waals surface area contributed by atoms with Gasteiger partial charge < -0.3 is 4.42 Å². The largest absolute Gasteiger partial charge is 0.468 e. The maximum atomic E-state index is 12.7. The number of nitrogens with zero attached hydrogens (tertiary/aromatic N) is 1. The summed E-state index contributed by atoms with van der Waals surface area (Å²) in [5.41, 5.74) is 0. The number of likely N-dealkylation sites (N-methyl/N-ethyl adjacent to an activating group) is 1. The molecule has 25 heavy (non-hydrogen) atoms. The number of rotatable bonds is 6. The predicted octanol–water partition coefficient (Wildman–Crippen LogP) is 3.65. The summed E-state index contributed by atoms with van der Waals surface area (Å²) in [7, 11) is -1.55. The highest BCUT2D eigenvalue weighted by Crippen LogP contribution is 2.25. The van der Waals surface area contributed by atoms with Crippen molar-refractivity contribution in [2.24, 2.45) is 0 Å². The van der Waals surface area contributed by atoms with E-state index in [1.807, 2.05) is 19.2 Å². The quantitative estimate of drug-likeness (QED) is 0.828. The van der Waals surface area contributed by atoms with Gasteiger partial charge in [-0.3, -0.25) is 4.90 Å². The molecule has 1 fully saturated rings. The van der Waals surface area contributed by atoms with Gasteiger partial charge in [0.05, 0.1) is 17.7 Å². The maximum absolute atomic E-state index is 12.7. The molecule has 136 valence electrons. The molecule has 1 aliphatic carbocycles. The fourth-order valence-electron chi connectivity index (χ4n) is 3.42. The lowest BCUT2D eigenvalue weighted by atomic mass is 9.90. The Bertz CT molecular complexity index is 775. The molecule has 1 N–H and O–H groups in total. The molecule has 0 aliphatic heterocycles. The fraction of sp³-hybridized carbons (Fsp3) is 0.444. The molecule has 2 aromatic rings. The zero-order valence-electron chi connectivity index (χ0n) is 14.2. The van der Waals surface area contributed by atoms with E-state index >= 15 is 0 Å². The van der Waals surface area contributed by atoms with E-state index in [0.29, 0.717) is 11.6 Å². The molecule has 3 rings (SSSR count). The summed E-state index contributed by atoms with van der Waals surface area (Å²) in [6, 6.07) is 10.1. The third kappa shape index (κ3) is 4.64. The molecule has 1 heterocycles. The molecule has 0 amide bonds. The van der Waals surface area contributed by atoms with Crippen molar-refractivity contribution in [3.8, 4) is 0 Å². The molecule has 2 atom stereocenters. The first kappa shape index (κ1) is 18.5. The zero-order chi connectivity index (χ0) is 17.9. The normalized spacial score (nSPS) is 21.6. The van der Waals surface area contributed by atoms with Crippen LogP contribution >= 0.6 is 11.6 Å². The van der Waals surface area contributed by atoms with Crippen molar-refractivity contribution in [2.75, 3.05) is 7.05 Å². The Hall–Kier alpha value is -1.34. The van der Waals surface area contributed by atoms with E-state index in [4.69, 9.17) is 16.0 Å². The average molecular weight is 383 g/mol. The molecule has 5 nitrogen and oxygen atoms in total.